The molecule has 27 nitrogen and oxygen atoms in total. The number of hydrogen-bond donors (Lipinski definition) is 6. The molecule has 396 valence electrons. The average Bonchev–Trinajstić information content (AvgIpc) is 3.91. The molecule has 0 saturated heterocycles. The van der Waals surface area contributed by atoms with E-state index in [0.29, 0.717) is 57.9 Å². The smallest absolute Gasteiger partial charge is 0.295 e. The van der Waals surface area contributed by atoms with Crippen molar-refractivity contribution in [2.75, 3.05) is 14.2 Å². The first-order valence-corrected chi connectivity index (χ1v) is 27.0. The number of methoxy groups -OCH3 is 2. The van der Waals surface area contributed by atoms with Crippen LogP contribution < -0.4 is 9.47 Å². The van der Waals surface area contributed by atoms with Crippen molar-refractivity contribution in [1.82, 2.24) is 15.0 Å². The minimum absolute atomic E-state index is 0.0107. The molecule has 6 N–H and O–H groups in total. The van der Waals surface area contributed by atoms with Gasteiger partial charge in [-0.2, -0.15) is 45.4 Å². The summed E-state index contributed by atoms with van der Waals surface area (Å²) < 4.78 is 123. The van der Waals surface area contributed by atoms with Crippen LogP contribution in [0.3, 0.4) is 0 Å². The van der Waals surface area contributed by atoms with Gasteiger partial charge in [0.1, 0.15) is 49.4 Å². The molecule has 0 aliphatic heterocycles. The van der Waals surface area contributed by atoms with Gasteiger partial charge in [-0.1, -0.05) is 22.2 Å². The van der Waals surface area contributed by atoms with E-state index < -0.39 is 50.8 Å². The number of aromatic nitrogens is 3. The number of phenolic OH excluding ortho intramolecular Hbond substituents is 1. The number of aryl methyl sites for hydroxylation is 1. The lowest BCUT2D eigenvalue weighted by molar-refractivity contribution is -0.432. The molecular formula is C45H33N9O18S5. The van der Waals surface area contributed by atoms with Crippen molar-refractivity contribution in [1.29, 1.82) is 0 Å². The van der Waals surface area contributed by atoms with Crippen LogP contribution in [0.4, 0.5) is 34.1 Å². The first-order valence-electron chi connectivity index (χ1n) is 21.2. The van der Waals surface area contributed by atoms with Crippen LogP contribution in [0.2, 0.25) is 0 Å². The van der Waals surface area contributed by atoms with Crippen molar-refractivity contribution >= 4 is 132 Å². The van der Waals surface area contributed by atoms with Gasteiger partial charge in [0.05, 0.1) is 70.8 Å². The van der Waals surface area contributed by atoms with Gasteiger partial charge in [0.25, 0.3) is 30.4 Å². The van der Waals surface area contributed by atoms with E-state index in [1.165, 1.54) is 62.8 Å². The maximum atomic E-state index is 12.2. The molecule has 0 fully saturated rings. The number of hydrogen-bond acceptors (Lipinski definition) is 25. The monoisotopic (exact) mass is 1150 g/mol. The van der Waals surface area contributed by atoms with Crippen molar-refractivity contribution in [3.63, 3.8) is 0 Å². The van der Waals surface area contributed by atoms with E-state index in [9.17, 15) is 44.0 Å². The molecule has 9 rings (SSSR count). The highest BCUT2D eigenvalue weighted by Crippen LogP contribution is 2.47. The van der Waals surface area contributed by atoms with Crippen LogP contribution in [0, 0.1) is 6.92 Å². The van der Waals surface area contributed by atoms with Gasteiger partial charge >= 0.3 is 0 Å². The maximum Gasteiger partial charge on any atom is 0.295 e. The zero-order valence-electron chi connectivity index (χ0n) is 39.0. The minimum Gasteiger partial charge on any atom is -0.505 e. The molecule has 9 aromatic rings. The summed E-state index contributed by atoms with van der Waals surface area (Å²) in [7, 11) is -11.8. The zero-order chi connectivity index (χ0) is 55.0. The molecule has 1 aromatic heterocycles. The molecular weight excluding hydrogens is 1110 g/mol. The third-order valence-corrected chi connectivity index (χ3v) is 15.0. The van der Waals surface area contributed by atoms with Crippen LogP contribution in [0.25, 0.3) is 49.0 Å². The standard InChI is InChI=1S/C45H33N9O18S5/c1-22-12-25(6-10-34(22)48-47-26-5-4-23-14-28(73-71-69-56)17-41(32(23)16-26)76(61,62)63)46-49-36-20-39(68-3)37(21-38(36)67-2)50-51-44-40(74-72-70-57)15-24-13-27(7-8-30(24)45(44)55)54-52-35-11-9-31-33(43(35)53-54)18-29(75(58,59)60)19-42(31)77(64,65)66/h4-21,55-57H,1-3H3,(H,58,59,60)(H,61,62,63)(H,64,65,66). The van der Waals surface area contributed by atoms with Gasteiger partial charge in [-0.05, 0) is 108 Å². The molecule has 0 saturated carbocycles. The van der Waals surface area contributed by atoms with Crippen molar-refractivity contribution in [2.24, 2.45) is 30.7 Å². The highest BCUT2D eigenvalue weighted by molar-refractivity contribution is 7.95. The van der Waals surface area contributed by atoms with Crippen molar-refractivity contribution in [3.05, 3.63) is 115 Å². The van der Waals surface area contributed by atoms with Gasteiger partial charge in [-0.15, -0.1) is 34.2 Å². The summed E-state index contributed by atoms with van der Waals surface area (Å²) in [6.07, 6.45) is 0. The van der Waals surface area contributed by atoms with Crippen LogP contribution in [0.5, 0.6) is 17.2 Å². The quantitative estimate of drug-likeness (QED) is 0.0153. The molecule has 32 heteroatoms. The summed E-state index contributed by atoms with van der Waals surface area (Å²) in [4.78, 5) is -0.589. The summed E-state index contributed by atoms with van der Waals surface area (Å²) in [5, 5.41) is 72.3. The van der Waals surface area contributed by atoms with E-state index in [-0.39, 0.29) is 82.3 Å². The highest BCUT2D eigenvalue weighted by Gasteiger charge is 2.24. The molecule has 0 aliphatic rings. The largest absolute Gasteiger partial charge is 0.505 e. The summed E-state index contributed by atoms with van der Waals surface area (Å²) in [5.41, 5.74) is 2.42. The topological polar surface area (TPSA) is 384 Å². The van der Waals surface area contributed by atoms with Crippen LogP contribution >= 0.6 is 24.1 Å². The van der Waals surface area contributed by atoms with Gasteiger partial charge in [-0.3, -0.25) is 13.7 Å². The maximum absolute atomic E-state index is 12.2. The third kappa shape index (κ3) is 11.6. The number of fused-ring (bicyclic) bond motifs is 5. The predicted molar refractivity (Wildman–Crippen MR) is 273 cm³/mol. The number of rotatable bonds is 18. The first kappa shape index (κ1) is 54.1. The van der Waals surface area contributed by atoms with Crippen molar-refractivity contribution in [2.45, 2.75) is 31.4 Å². The number of phenols is 1. The average molecular weight is 1150 g/mol. The number of nitrogens with zero attached hydrogens (tertiary/aromatic N) is 9. The Morgan fingerprint density at radius 2 is 1.17 bits per heavy atom. The predicted octanol–water partition coefficient (Wildman–Crippen LogP) is 11.8. The van der Waals surface area contributed by atoms with Crippen molar-refractivity contribution < 1.29 is 82.8 Å². The molecule has 0 amide bonds. The van der Waals surface area contributed by atoms with Gasteiger partial charge in [-0.25, -0.2) is 10.5 Å². The second-order valence-electron chi connectivity index (χ2n) is 15.9. The Labute approximate surface area is 441 Å². The second kappa shape index (κ2) is 21.8. The molecule has 8 aromatic carbocycles. The Morgan fingerprint density at radius 1 is 0.545 bits per heavy atom. The Hall–Kier alpha value is -7.67. The van der Waals surface area contributed by atoms with E-state index in [1.54, 1.807) is 49.4 Å². The van der Waals surface area contributed by atoms with Gasteiger partial charge in [0.2, 0.25) is 0 Å². The number of ether oxygens (including phenoxy) is 2. The fourth-order valence-corrected chi connectivity index (χ4v) is 10.8. The Bertz CT molecular complexity index is 4320. The van der Waals surface area contributed by atoms with E-state index in [4.69, 9.17) is 24.3 Å². The highest BCUT2D eigenvalue weighted by atomic mass is 32.2. The molecule has 0 spiro atoms. The lowest BCUT2D eigenvalue weighted by Crippen LogP contribution is -2.04. The normalized spacial score (nSPS) is 12.7. The lowest BCUT2D eigenvalue weighted by atomic mass is 10.1. The Kier molecular flexibility index (Phi) is 15.3. The van der Waals surface area contributed by atoms with Crippen LogP contribution in [-0.2, 0) is 49.1 Å². The molecule has 77 heavy (non-hydrogen) atoms. The molecule has 0 unspecified atom stereocenters. The second-order valence-corrected chi connectivity index (χ2v) is 21.6. The molecule has 0 bridgehead atoms. The van der Waals surface area contributed by atoms with E-state index >= 15 is 0 Å². The molecule has 1 heterocycles. The number of azo groups is 3. The van der Waals surface area contributed by atoms with Gasteiger partial charge in [0.15, 0.2) is 5.75 Å². The number of aromatic hydroxyl groups is 1. The van der Waals surface area contributed by atoms with Crippen LogP contribution in [0.1, 0.15) is 5.56 Å². The summed E-state index contributed by atoms with van der Waals surface area (Å²) in [5.74, 6) is -0.0594. The molecule has 0 aliphatic carbocycles. The van der Waals surface area contributed by atoms with Gasteiger partial charge < -0.3 is 14.6 Å². The van der Waals surface area contributed by atoms with Crippen LogP contribution in [-0.4, -0.2) is 83.7 Å². The Morgan fingerprint density at radius 3 is 1.82 bits per heavy atom. The van der Waals surface area contributed by atoms with E-state index in [2.05, 4.69) is 55.3 Å². The van der Waals surface area contributed by atoms with Crippen LogP contribution in [0.15, 0.2) is 164 Å². The minimum atomic E-state index is -4.97. The van der Waals surface area contributed by atoms with E-state index in [1.807, 2.05) is 0 Å². The Balaban J connectivity index is 0.978. The molecule has 0 atom stereocenters. The lowest BCUT2D eigenvalue weighted by Gasteiger charge is -2.11. The van der Waals surface area contributed by atoms with Crippen molar-refractivity contribution in [3.8, 4) is 22.9 Å². The SMILES string of the molecule is COc1cc(N=Nc2c(SOOO)cc3cc(-n4nc5ccc6c(S(=O)(=O)O)cc(S(=O)(=O)O)cc6c5n4)ccc3c2O)c(OC)cc1N=Nc1ccc(N=Nc2ccc3cc(SOOO)cc(S(=O)(=O)O)c3c2)c(C)c1. The van der Waals surface area contributed by atoms with E-state index in [0.717, 1.165) is 16.9 Å². The van der Waals surface area contributed by atoms with Gasteiger partial charge in [0, 0.05) is 38.6 Å². The first-order chi connectivity index (χ1) is 36.7. The third-order valence-electron chi connectivity index (χ3n) is 11.2. The fraction of sp³-hybridized carbons (Fsp3) is 0.0667. The number of benzene rings is 8. The summed E-state index contributed by atoms with van der Waals surface area (Å²) in [6, 6.07) is 25.5. The summed E-state index contributed by atoms with van der Waals surface area (Å²) >= 11 is 0.983. The fourth-order valence-electron chi connectivity index (χ4n) is 7.73. The zero-order valence-corrected chi connectivity index (χ0v) is 43.1. The summed E-state index contributed by atoms with van der Waals surface area (Å²) in [6.45, 7) is 1.76. The molecule has 0 radical (unpaired) electrons.